The third-order valence-electron chi connectivity index (χ3n) is 9.10. The van der Waals surface area contributed by atoms with E-state index < -0.39 is 0 Å². The second-order valence-electron chi connectivity index (χ2n) is 11.2. The predicted molar refractivity (Wildman–Crippen MR) is 123 cm³/mol. The summed E-state index contributed by atoms with van der Waals surface area (Å²) >= 11 is 0. The van der Waals surface area contributed by atoms with Crippen molar-refractivity contribution in [2.75, 3.05) is 19.6 Å². The molecule has 30 heavy (non-hydrogen) atoms. The highest BCUT2D eigenvalue weighted by Crippen LogP contribution is 2.60. The van der Waals surface area contributed by atoms with Crippen LogP contribution in [0.25, 0.3) is 0 Å². The molecule has 0 radical (unpaired) electrons. The monoisotopic (exact) mass is 428 g/mol. The van der Waals surface area contributed by atoms with Crippen molar-refractivity contribution < 1.29 is 4.79 Å². The fourth-order valence-corrected chi connectivity index (χ4v) is 8.20. The molecule has 4 saturated carbocycles. The average Bonchev–Trinajstić information content (AvgIpc) is 3.14. The topological polar surface area (TPSA) is 32.3 Å². The van der Waals surface area contributed by atoms with Gasteiger partial charge in [0.2, 0.25) is 5.91 Å². The zero-order valence-electron chi connectivity index (χ0n) is 18.2. The number of hydrogen-bond acceptors (Lipinski definition) is 2. The van der Waals surface area contributed by atoms with Crippen molar-refractivity contribution in [2.24, 2.45) is 23.2 Å². The molecule has 0 spiro atoms. The van der Waals surface area contributed by atoms with Crippen LogP contribution >= 0.6 is 12.4 Å². The molecule has 4 heteroatoms. The summed E-state index contributed by atoms with van der Waals surface area (Å²) in [6.45, 7) is 3.36. The summed E-state index contributed by atoms with van der Waals surface area (Å²) in [5, 5.41) is 3.54. The van der Waals surface area contributed by atoms with Crippen LogP contribution in [0.3, 0.4) is 0 Å². The maximum atomic E-state index is 13.4. The Labute approximate surface area is 187 Å². The number of nitrogens with zero attached hydrogens (tertiary/aromatic N) is 1. The largest absolute Gasteiger partial charge is 0.352 e. The molecule has 5 aliphatic carbocycles. The van der Waals surface area contributed by atoms with Gasteiger partial charge in [-0.1, -0.05) is 24.3 Å². The van der Waals surface area contributed by atoms with E-state index in [-0.39, 0.29) is 17.8 Å². The van der Waals surface area contributed by atoms with E-state index in [0.717, 1.165) is 37.3 Å². The van der Waals surface area contributed by atoms with E-state index in [9.17, 15) is 4.79 Å². The molecule has 4 bridgehead atoms. The van der Waals surface area contributed by atoms with Gasteiger partial charge in [0.05, 0.1) is 0 Å². The number of hydrogen-bond donors (Lipinski definition) is 1. The molecule has 2 atom stereocenters. The van der Waals surface area contributed by atoms with E-state index in [0.29, 0.717) is 17.9 Å². The Kier molecular flexibility index (Phi) is 5.64. The highest BCUT2D eigenvalue weighted by molar-refractivity contribution is 5.85. The summed E-state index contributed by atoms with van der Waals surface area (Å²) in [6, 6.07) is 9.43. The molecule has 3 nitrogen and oxygen atoms in total. The first-order chi connectivity index (χ1) is 14.2. The van der Waals surface area contributed by atoms with Crippen LogP contribution in [-0.4, -0.2) is 36.5 Å². The molecule has 7 rings (SSSR count). The molecule has 1 saturated heterocycles. The second kappa shape index (κ2) is 8.13. The van der Waals surface area contributed by atoms with Crippen LogP contribution in [0.4, 0.5) is 0 Å². The number of likely N-dealkylation sites (tertiary alicyclic amines) is 1. The Morgan fingerprint density at radius 2 is 1.73 bits per heavy atom. The Hall–Kier alpha value is -1.06. The SMILES string of the molecule is Cl.O=C(N[C@H]1CCN(CC2CCCc3ccccc32)C1)C12CC3CC(CC(C3)C1)C2. The molecule has 1 aromatic rings. The fourth-order valence-electron chi connectivity index (χ4n) is 8.20. The van der Waals surface area contributed by atoms with E-state index in [1.807, 2.05) is 0 Å². The van der Waals surface area contributed by atoms with Crippen molar-refractivity contribution in [2.45, 2.75) is 76.2 Å². The van der Waals surface area contributed by atoms with Gasteiger partial charge in [0, 0.05) is 31.1 Å². The van der Waals surface area contributed by atoms with Gasteiger partial charge in [-0.25, -0.2) is 0 Å². The number of benzene rings is 1. The predicted octanol–water partition coefficient (Wildman–Crippen LogP) is 4.94. The molecule has 1 aromatic carbocycles. The molecule has 1 unspecified atom stereocenters. The van der Waals surface area contributed by atoms with E-state index >= 15 is 0 Å². The number of rotatable bonds is 4. The van der Waals surface area contributed by atoms with Crippen LogP contribution in [0.1, 0.15) is 74.8 Å². The van der Waals surface area contributed by atoms with Gasteiger partial charge in [-0.3, -0.25) is 4.79 Å². The number of amides is 1. The van der Waals surface area contributed by atoms with Gasteiger partial charge in [0.1, 0.15) is 0 Å². The normalized spacial score (nSPS) is 39.4. The number of fused-ring (bicyclic) bond motifs is 1. The number of aryl methyl sites for hydroxylation is 1. The molecule has 1 amide bonds. The van der Waals surface area contributed by atoms with Crippen LogP contribution in [0.15, 0.2) is 24.3 Å². The van der Waals surface area contributed by atoms with Crippen molar-refractivity contribution in [3.05, 3.63) is 35.4 Å². The van der Waals surface area contributed by atoms with Crippen molar-refractivity contribution >= 4 is 18.3 Å². The van der Waals surface area contributed by atoms with Crippen LogP contribution in [0.5, 0.6) is 0 Å². The molecule has 5 fully saturated rings. The van der Waals surface area contributed by atoms with Crippen LogP contribution in [0, 0.1) is 23.2 Å². The summed E-state index contributed by atoms with van der Waals surface area (Å²) in [6.07, 6.45) is 12.8. The van der Waals surface area contributed by atoms with Crippen molar-refractivity contribution in [1.29, 1.82) is 0 Å². The van der Waals surface area contributed by atoms with Gasteiger partial charge in [-0.15, -0.1) is 12.4 Å². The summed E-state index contributed by atoms with van der Waals surface area (Å²) in [7, 11) is 0. The lowest BCUT2D eigenvalue weighted by Crippen LogP contribution is -2.55. The summed E-state index contributed by atoms with van der Waals surface area (Å²) in [4.78, 5) is 16.0. The minimum atomic E-state index is 0. The average molecular weight is 429 g/mol. The van der Waals surface area contributed by atoms with Crippen molar-refractivity contribution in [3.63, 3.8) is 0 Å². The van der Waals surface area contributed by atoms with E-state index in [1.54, 1.807) is 11.1 Å². The first kappa shape index (κ1) is 20.8. The standard InChI is InChI=1S/C26H36N2O.ClH/c29-25(26-13-18-10-19(14-26)12-20(11-18)15-26)27-23-8-9-28(17-23)16-22-6-3-5-21-4-1-2-7-24(21)22;/h1-2,4,7,18-20,22-23H,3,5-6,8-17H2,(H,27,29);1H/t18?,19?,20?,22?,23-,26?;/m0./s1. The highest BCUT2D eigenvalue weighted by Gasteiger charge is 2.54. The molecule has 0 aromatic heterocycles. The first-order valence-electron chi connectivity index (χ1n) is 12.3. The quantitative estimate of drug-likeness (QED) is 0.736. The molecule has 164 valence electrons. The van der Waals surface area contributed by atoms with Gasteiger partial charge >= 0.3 is 0 Å². The lowest BCUT2D eigenvalue weighted by molar-refractivity contribution is -0.146. The molecule has 1 heterocycles. The smallest absolute Gasteiger partial charge is 0.226 e. The number of nitrogens with one attached hydrogen (secondary N) is 1. The minimum absolute atomic E-state index is 0. The van der Waals surface area contributed by atoms with E-state index in [4.69, 9.17) is 0 Å². The summed E-state index contributed by atoms with van der Waals surface area (Å²) < 4.78 is 0. The number of carbonyl (C=O) groups excluding carboxylic acids is 1. The Morgan fingerprint density at radius 1 is 1.03 bits per heavy atom. The Morgan fingerprint density at radius 3 is 2.47 bits per heavy atom. The van der Waals surface area contributed by atoms with Crippen LogP contribution in [-0.2, 0) is 11.2 Å². The third kappa shape index (κ3) is 3.71. The van der Waals surface area contributed by atoms with Gasteiger partial charge in [-0.05, 0) is 99.0 Å². The molecule has 1 aliphatic heterocycles. The maximum absolute atomic E-state index is 13.4. The van der Waals surface area contributed by atoms with Gasteiger partial charge in [-0.2, -0.15) is 0 Å². The van der Waals surface area contributed by atoms with E-state index in [1.165, 1.54) is 64.3 Å². The maximum Gasteiger partial charge on any atom is 0.226 e. The van der Waals surface area contributed by atoms with Crippen molar-refractivity contribution in [3.8, 4) is 0 Å². The molecule has 6 aliphatic rings. The third-order valence-corrected chi connectivity index (χ3v) is 9.10. The minimum Gasteiger partial charge on any atom is -0.352 e. The molecule has 1 N–H and O–H groups in total. The van der Waals surface area contributed by atoms with Crippen LogP contribution in [0.2, 0.25) is 0 Å². The first-order valence-corrected chi connectivity index (χ1v) is 12.3. The van der Waals surface area contributed by atoms with Crippen molar-refractivity contribution in [1.82, 2.24) is 10.2 Å². The lowest BCUT2D eigenvalue weighted by Gasteiger charge is -2.55. The van der Waals surface area contributed by atoms with Gasteiger partial charge in [0.15, 0.2) is 0 Å². The lowest BCUT2D eigenvalue weighted by atomic mass is 9.49. The number of carbonyl (C=O) groups is 1. The Bertz CT molecular complexity index is 758. The summed E-state index contributed by atoms with van der Waals surface area (Å²) in [5.41, 5.74) is 3.15. The highest BCUT2D eigenvalue weighted by atomic mass is 35.5. The summed E-state index contributed by atoms with van der Waals surface area (Å²) in [5.74, 6) is 3.64. The zero-order chi connectivity index (χ0) is 19.4. The van der Waals surface area contributed by atoms with Crippen LogP contribution < -0.4 is 5.32 Å². The molecular formula is C26H37ClN2O. The van der Waals surface area contributed by atoms with E-state index in [2.05, 4.69) is 34.5 Å². The fraction of sp³-hybridized carbons (Fsp3) is 0.731. The zero-order valence-corrected chi connectivity index (χ0v) is 19.0. The number of halogens is 1. The van der Waals surface area contributed by atoms with Gasteiger partial charge in [0.25, 0.3) is 0 Å². The van der Waals surface area contributed by atoms with Gasteiger partial charge < -0.3 is 10.2 Å². The Balaban J connectivity index is 0.00000193. The molecular weight excluding hydrogens is 392 g/mol. The second-order valence-corrected chi connectivity index (χ2v) is 11.2.